The molecule has 25 heavy (non-hydrogen) atoms. The van der Waals surface area contributed by atoms with E-state index in [1.807, 2.05) is 48.7 Å². The predicted octanol–water partition coefficient (Wildman–Crippen LogP) is 3.09. The van der Waals surface area contributed by atoms with Crippen LogP contribution in [0.1, 0.15) is 35.3 Å². The average Bonchev–Trinajstić information content (AvgIpc) is 3.28. The van der Waals surface area contributed by atoms with Gasteiger partial charge in [0, 0.05) is 24.1 Å². The molecule has 3 rings (SSSR count). The Hall–Kier alpha value is -2.47. The minimum Gasteiger partial charge on any atom is -0.351 e. The van der Waals surface area contributed by atoms with Gasteiger partial charge in [0.25, 0.3) is 0 Å². The minimum absolute atomic E-state index is 0.103. The molecule has 2 heterocycles. The first-order chi connectivity index (χ1) is 12.1. The maximum Gasteiger partial charge on any atom is 0.243 e. The molecule has 2 aromatic rings. The van der Waals surface area contributed by atoms with Crippen LogP contribution in [0, 0.1) is 6.92 Å². The molecule has 1 aliphatic rings. The van der Waals surface area contributed by atoms with Gasteiger partial charge in [0.1, 0.15) is 0 Å². The largest absolute Gasteiger partial charge is 0.351 e. The molecule has 0 radical (unpaired) electrons. The number of nitrogens with zero attached hydrogens (tertiary/aromatic N) is 2. The number of hydrogen-bond donors (Lipinski definition) is 1. The summed E-state index contributed by atoms with van der Waals surface area (Å²) in [5.41, 5.74) is 3.15. The molecule has 0 aliphatic carbocycles. The van der Waals surface area contributed by atoms with Crippen LogP contribution in [0.2, 0.25) is 0 Å². The monoisotopic (exact) mass is 355 g/mol. The topological polar surface area (TPSA) is 61.8 Å². The van der Waals surface area contributed by atoms with Gasteiger partial charge in [-0.3, -0.25) is 9.59 Å². The Morgan fingerprint density at radius 3 is 2.72 bits per heavy atom. The Morgan fingerprint density at radius 1 is 1.20 bits per heavy atom. The first-order valence-electron chi connectivity index (χ1n) is 8.36. The fraction of sp³-hybridized carbons (Fsp3) is 0.316. The second-order valence-electron chi connectivity index (χ2n) is 5.98. The normalized spacial score (nSPS) is 13.6. The summed E-state index contributed by atoms with van der Waals surface area (Å²) in [6.07, 6.45) is 1.12. The average molecular weight is 355 g/mol. The lowest BCUT2D eigenvalue weighted by Gasteiger charge is -2.11. The SMILES string of the molecule is Cc1ccsc1CNC(=O)CCC(=O)N1CCC(c2ccccc2)=N1. The van der Waals surface area contributed by atoms with Crippen LogP contribution in [0.4, 0.5) is 0 Å². The quantitative estimate of drug-likeness (QED) is 0.865. The van der Waals surface area contributed by atoms with Gasteiger partial charge in [-0.25, -0.2) is 5.01 Å². The van der Waals surface area contributed by atoms with Crippen LogP contribution >= 0.6 is 11.3 Å². The number of hydrogen-bond acceptors (Lipinski definition) is 4. The van der Waals surface area contributed by atoms with Crippen molar-refractivity contribution in [3.63, 3.8) is 0 Å². The maximum absolute atomic E-state index is 12.3. The van der Waals surface area contributed by atoms with Crippen LogP contribution in [-0.4, -0.2) is 29.1 Å². The van der Waals surface area contributed by atoms with Crippen LogP contribution in [0.25, 0.3) is 0 Å². The molecule has 0 bridgehead atoms. The van der Waals surface area contributed by atoms with Gasteiger partial charge < -0.3 is 5.32 Å². The number of rotatable bonds is 6. The van der Waals surface area contributed by atoms with Crippen LogP contribution in [0.3, 0.4) is 0 Å². The van der Waals surface area contributed by atoms with Crippen molar-refractivity contribution in [3.8, 4) is 0 Å². The van der Waals surface area contributed by atoms with Gasteiger partial charge in [0.05, 0.1) is 18.8 Å². The lowest BCUT2D eigenvalue weighted by atomic mass is 10.1. The van der Waals surface area contributed by atoms with Gasteiger partial charge in [-0.05, 0) is 29.5 Å². The Morgan fingerprint density at radius 2 is 2.00 bits per heavy atom. The molecule has 0 fully saturated rings. The summed E-state index contributed by atoms with van der Waals surface area (Å²) in [5.74, 6) is -0.207. The van der Waals surface area contributed by atoms with E-state index in [-0.39, 0.29) is 24.7 Å². The third-order valence-electron chi connectivity index (χ3n) is 4.18. The summed E-state index contributed by atoms with van der Waals surface area (Å²) in [6, 6.07) is 11.9. The van der Waals surface area contributed by atoms with Crippen molar-refractivity contribution in [1.29, 1.82) is 0 Å². The molecule has 0 saturated heterocycles. The van der Waals surface area contributed by atoms with Crippen molar-refractivity contribution >= 4 is 28.9 Å². The number of benzene rings is 1. The van der Waals surface area contributed by atoms with E-state index in [1.165, 1.54) is 10.6 Å². The number of carbonyl (C=O) groups excluding carboxylic acids is 2. The predicted molar refractivity (Wildman–Crippen MR) is 99.4 cm³/mol. The molecule has 5 nitrogen and oxygen atoms in total. The number of nitrogens with one attached hydrogen (secondary N) is 1. The molecular weight excluding hydrogens is 334 g/mol. The lowest BCUT2D eigenvalue weighted by Crippen LogP contribution is -2.27. The summed E-state index contributed by atoms with van der Waals surface area (Å²) in [6.45, 7) is 3.13. The van der Waals surface area contributed by atoms with Crippen molar-refractivity contribution < 1.29 is 9.59 Å². The number of thiophene rings is 1. The van der Waals surface area contributed by atoms with Crippen LogP contribution in [-0.2, 0) is 16.1 Å². The van der Waals surface area contributed by atoms with E-state index >= 15 is 0 Å². The summed E-state index contributed by atoms with van der Waals surface area (Å²) < 4.78 is 0. The Kier molecular flexibility index (Phi) is 5.60. The molecular formula is C19H21N3O2S. The number of amides is 2. The van der Waals surface area contributed by atoms with Gasteiger partial charge in [-0.1, -0.05) is 30.3 Å². The summed E-state index contributed by atoms with van der Waals surface area (Å²) >= 11 is 1.63. The van der Waals surface area contributed by atoms with Crippen molar-refractivity contribution in [2.75, 3.05) is 6.54 Å². The smallest absolute Gasteiger partial charge is 0.243 e. The first kappa shape index (κ1) is 17.4. The van der Waals surface area contributed by atoms with Gasteiger partial charge in [0.2, 0.25) is 11.8 Å². The highest BCUT2D eigenvalue weighted by molar-refractivity contribution is 7.10. The maximum atomic E-state index is 12.3. The molecule has 1 aliphatic heterocycles. The lowest BCUT2D eigenvalue weighted by molar-refractivity contribution is -0.133. The summed E-state index contributed by atoms with van der Waals surface area (Å²) in [4.78, 5) is 25.3. The molecule has 130 valence electrons. The highest BCUT2D eigenvalue weighted by Crippen LogP contribution is 2.16. The fourth-order valence-electron chi connectivity index (χ4n) is 2.67. The van der Waals surface area contributed by atoms with Crippen LogP contribution < -0.4 is 5.32 Å². The van der Waals surface area contributed by atoms with Gasteiger partial charge in [-0.2, -0.15) is 5.10 Å². The number of carbonyl (C=O) groups is 2. The van der Waals surface area contributed by atoms with Crippen molar-refractivity contribution in [1.82, 2.24) is 10.3 Å². The van der Waals surface area contributed by atoms with E-state index in [0.29, 0.717) is 13.1 Å². The molecule has 1 aromatic carbocycles. The molecule has 0 unspecified atom stereocenters. The zero-order chi connectivity index (χ0) is 17.6. The molecule has 6 heteroatoms. The second kappa shape index (κ2) is 8.07. The number of aryl methyl sites for hydroxylation is 1. The third kappa shape index (κ3) is 4.54. The standard InChI is InChI=1S/C19H21N3O2S/c1-14-10-12-25-17(14)13-20-18(23)7-8-19(24)22-11-9-16(21-22)15-5-3-2-4-6-15/h2-6,10,12H,7-9,11,13H2,1H3,(H,20,23). The molecule has 0 spiro atoms. The molecule has 0 saturated carbocycles. The number of hydrazone groups is 1. The highest BCUT2D eigenvalue weighted by Gasteiger charge is 2.21. The highest BCUT2D eigenvalue weighted by atomic mass is 32.1. The van der Waals surface area contributed by atoms with E-state index in [1.54, 1.807) is 11.3 Å². The Balaban J connectivity index is 1.46. The van der Waals surface area contributed by atoms with Crippen LogP contribution in [0.15, 0.2) is 46.9 Å². The van der Waals surface area contributed by atoms with Crippen molar-refractivity contribution in [2.45, 2.75) is 32.7 Å². The molecule has 0 atom stereocenters. The fourth-order valence-corrected chi connectivity index (χ4v) is 3.52. The summed E-state index contributed by atoms with van der Waals surface area (Å²) in [5, 5.41) is 10.8. The first-order valence-corrected chi connectivity index (χ1v) is 9.24. The van der Waals surface area contributed by atoms with E-state index in [0.717, 1.165) is 22.6 Å². The Labute approximate surface area is 151 Å². The molecule has 2 amide bonds. The molecule has 1 aromatic heterocycles. The minimum atomic E-state index is -0.104. The third-order valence-corrected chi connectivity index (χ3v) is 5.20. The van der Waals surface area contributed by atoms with Crippen molar-refractivity contribution in [2.24, 2.45) is 5.10 Å². The Bertz CT molecular complexity index is 783. The van der Waals surface area contributed by atoms with Gasteiger partial charge >= 0.3 is 0 Å². The van der Waals surface area contributed by atoms with E-state index in [4.69, 9.17) is 0 Å². The summed E-state index contributed by atoms with van der Waals surface area (Å²) in [7, 11) is 0. The molecule has 1 N–H and O–H groups in total. The van der Waals surface area contributed by atoms with E-state index < -0.39 is 0 Å². The van der Waals surface area contributed by atoms with Crippen molar-refractivity contribution in [3.05, 3.63) is 57.8 Å². The van der Waals surface area contributed by atoms with E-state index in [9.17, 15) is 9.59 Å². The van der Waals surface area contributed by atoms with Crippen LogP contribution in [0.5, 0.6) is 0 Å². The second-order valence-corrected chi connectivity index (χ2v) is 6.98. The van der Waals surface area contributed by atoms with Gasteiger partial charge in [-0.15, -0.1) is 11.3 Å². The van der Waals surface area contributed by atoms with Gasteiger partial charge in [0.15, 0.2) is 0 Å². The zero-order valence-electron chi connectivity index (χ0n) is 14.2. The zero-order valence-corrected chi connectivity index (χ0v) is 15.0. The van der Waals surface area contributed by atoms with E-state index in [2.05, 4.69) is 10.4 Å².